The lowest BCUT2D eigenvalue weighted by Gasteiger charge is -2.35. The van der Waals surface area contributed by atoms with Gasteiger partial charge in [-0.1, -0.05) is 36.9 Å². The van der Waals surface area contributed by atoms with Crippen LogP contribution in [-0.4, -0.2) is 22.2 Å². The number of rotatable bonds is 5. The molecule has 1 aromatic carbocycles. The van der Waals surface area contributed by atoms with Crippen LogP contribution < -0.4 is 10.6 Å². The fourth-order valence-electron chi connectivity index (χ4n) is 2.97. The van der Waals surface area contributed by atoms with Crippen LogP contribution in [0.2, 0.25) is 0 Å². The molecule has 0 bridgehead atoms. The molecule has 2 N–H and O–H groups in total. The van der Waals surface area contributed by atoms with E-state index in [4.69, 9.17) is 5.73 Å². The molecule has 0 saturated heterocycles. The molecule has 22 heavy (non-hydrogen) atoms. The molecule has 2 heterocycles. The zero-order valence-electron chi connectivity index (χ0n) is 12.5. The number of amides is 1. The van der Waals surface area contributed by atoms with Gasteiger partial charge in [-0.2, -0.15) is 5.10 Å². The summed E-state index contributed by atoms with van der Waals surface area (Å²) in [6.45, 7) is 6.26. The summed E-state index contributed by atoms with van der Waals surface area (Å²) in [5.74, 6) is 0.988. The Morgan fingerprint density at radius 1 is 1.27 bits per heavy atom. The van der Waals surface area contributed by atoms with Gasteiger partial charge in [0.1, 0.15) is 5.82 Å². The minimum absolute atomic E-state index is 0.288. The van der Waals surface area contributed by atoms with Gasteiger partial charge in [0.15, 0.2) is 0 Å². The number of anilines is 1. The van der Waals surface area contributed by atoms with E-state index in [1.165, 1.54) is 5.56 Å². The number of hydrogen-bond donors (Lipinski definition) is 1. The highest BCUT2D eigenvalue weighted by molar-refractivity contribution is 5.91. The lowest BCUT2D eigenvalue weighted by molar-refractivity contribution is -0.114. The monoisotopic (exact) mass is 296 g/mol. The topological polar surface area (TPSA) is 64.2 Å². The smallest absolute Gasteiger partial charge is 0.244 e. The fourth-order valence-corrected chi connectivity index (χ4v) is 2.97. The first-order valence-corrected chi connectivity index (χ1v) is 7.41. The van der Waals surface area contributed by atoms with Gasteiger partial charge >= 0.3 is 0 Å². The number of aromatic nitrogens is 2. The van der Waals surface area contributed by atoms with E-state index in [-0.39, 0.29) is 5.92 Å². The van der Waals surface area contributed by atoms with E-state index >= 15 is 0 Å². The summed E-state index contributed by atoms with van der Waals surface area (Å²) in [6, 6.07) is 12.4. The molecule has 0 saturated carbocycles. The summed E-state index contributed by atoms with van der Waals surface area (Å²) in [4.78, 5) is 13.5. The van der Waals surface area contributed by atoms with Crippen molar-refractivity contribution in [3.63, 3.8) is 0 Å². The highest BCUT2D eigenvalue weighted by Crippen LogP contribution is 2.27. The number of primary amides is 1. The molecule has 1 aromatic heterocycles. The maximum Gasteiger partial charge on any atom is 0.244 e. The molecular formula is C17H20N4O. The predicted octanol–water partition coefficient (Wildman–Crippen LogP) is 1.95. The van der Waals surface area contributed by atoms with E-state index < -0.39 is 5.91 Å². The molecule has 5 nitrogen and oxygen atoms in total. The van der Waals surface area contributed by atoms with Gasteiger partial charge < -0.3 is 10.6 Å². The summed E-state index contributed by atoms with van der Waals surface area (Å²) in [5, 5.41) is 4.38. The number of fused-ring (bicyclic) bond motifs is 1. The van der Waals surface area contributed by atoms with Crippen molar-refractivity contribution in [1.29, 1.82) is 0 Å². The number of carbonyl (C=O) groups is 1. The van der Waals surface area contributed by atoms with Crippen molar-refractivity contribution in [1.82, 2.24) is 9.78 Å². The average molecular weight is 296 g/mol. The molecule has 1 aliphatic rings. The molecule has 1 atom stereocenters. The summed E-state index contributed by atoms with van der Waals surface area (Å²) >= 11 is 0. The number of nitrogens with two attached hydrogens (primary N) is 1. The molecule has 0 aliphatic carbocycles. The molecule has 0 fully saturated rings. The van der Waals surface area contributed by atoms with Gasteiger partial charge in [-0.05, 0) is 12.0 Å². The van der Waals surface area contributed by atoms with Gasteiger partial charge in [-0.15, -0.1) is 0 Å². The highest BCUT2D eigenvalue weighted by Gasteiger charge is 2.26. The second kappa shape index (κ2) is 6.05. The second-order valence-corrected chi connectivity index (χ2v) is 5.78. The second-order valence-electron chi connectivity index (χ2n) is 5.78. The molecule has 1 aliphatic heterocycles. The third-order valence-electron chi connectivity index (χ3n) is 4.03. The van der Waals surface area contributed by atoms with Crippen LogP contribution in [0.3, 0.4) is 0 Å². The summed E-state index contributed by atoms with van der Waals surface area (Å²) in [6.07, 6.45) is 2.43. The minimum Gasteiger partial charge on any atom is -0.366 e. The van der Waals surface area contributed by atoms with Gasteiger partial charge in [0.25, 0.3) is 0 Å². The Morgan fingerprint density at radius 3 is 2.77 bits per heavy atom. The molecule has 0 radical (unpaired) electrons. The molecular weight excluding hydrogens is 276 g/mol. The first-order valence-electron chi connectivity index (χ1n) is 7.41. The van der Waals surface area contributed by atoms with E-state index in [0.717, 1.165) is 25.5 Å². The van der Waals surface area contributed by atoms with Gasteiger partial charge in [0.05, 0.1) is 6.20 Å². The van der Waals surface area contributed by atoms with Crippen molar-refractivity contribution in [3.8, 4) is 0 Å². The third-order valence-corrected chi connectivity index (χ3v) is 4.03. The lowest BCUT2D eigenvalue weighted by atomic mass is 9.97. The predicted molar refractivity (Wildman–Crippen MR) is 86.2 cm³/mol. The Hall–Kier alpha value is -2.56. The summed E-state index contributed by atoms with van der Waals surface area (Å²) < 4.78 is 1.99. The maximum atomic E-state index is 11.2. The molecule has 114 valence electrons. The first kappa shape index (κ1) is 14.4. The Balaban J connectivity index is 1.77. The zero-order chi connectivity index (χ0) is 15.5. The van der Waals surface area contributed by atoms with E-state index in [1.54, 1.807) is 0 Å². The van der Waals surface area contributed by atoms with Crippen LogP contribution in [0.5, 0.6) is 0 Å². The molecule has 1 amide bonds. The largest absolute Gasteiger partial charge is 0.366 e. The maximum absolute atomic E-state index is 11.2. The van der Waals surface area contributed by atoms with Crippen molar-refractivity contribution in [2.24, 2.45) is 11.7 Å². The average Bonchev–Trinajstić information content (AvgIpc) is 2.97. The fraction of sp³-hybridized carbons (Fsp3) is 0.294. The normalized spacial score (nSPS) is 17.1. The van der Waals surface area contributed by atoms with Crippen molar-refractivity contribution >= 4 is 11.7 Å². The molecule has 3 rings (SSSR count). The molecule has 5 heteroatoms. The van der Waals surface area contributed by atoms with Gasteiger partial charge in [0.2, 0.25) is 5.91 Å². The van der Waals surface area contributed by atoms with E-state index in [0.29, 0.717) is 12.0 Å². The van der Waals surface area contributed by atoms with Crippen molar-refractivity contribution < 1.29 is 4.79 Å². The first-order chi connectivity index (χ1) is 10.6. The van der Waals surface area contributed by atoms with Gasteiger partial charge in [-0.3, -0.25) is 4.79 Å². The van der Waals surface area contributed by atoms with Crippen molar-refractivity contribution in [2.75, 3.05) is 11.4 Å². The zero-order valence-corrected chi connectivity index (χ0v) is 12.5. The van der Waals surface area contributed by atoms with Crippen LogP contribution in [0.1, 0.15) is 12.0 Å². The highest BCUT2D eigenvalue weighted by atomic mass is 16.1. The summed E-state index contributed by atoms with van der Waals surface area (Å²) in [7, 11) is 0. The van der Waals surface area contributed by atoms with E-state index in [2.05, 4.69) is 28.7 Å². The van der Waals surface area contributed by atoms with Crippen LogP contribution >= 0.6 is 0 Å². The van der Waals surface area contributed by atoms with Gasteiger partial charge in [-0.25, -0.2) is 4.68 Å². The van der Waals surface area contributed by atoms with Crippen molar-refractivity contribution in [3.05, 3.63) is 60.3 Å². The van der Waals surface area contributed by atoms with Crippen LogP contribution in [0.25, 0.3) is 0 Å². The van der Waals surface area contributed by atoms with E-state index in [9.17, 15) is 4.79 Å². The molecule has 2 aromatic rings. The standard InChI is InChI=1S/C17H20N4O/c1-13(17(18)22)9-15-11-20(10-14-5-3-2-4-6-14)16-7-8-19-21(16)12-15/h2-8,15H,1,9-12H2,(H2,18,22). The number of benzene rings is 1. The van der Waals surface area contributed by atoms with E-state index in [1.807, 2.05) is 35.1 Å². The Labute approximate surface area is 130 Å². The number of hydrogen-bond acceptors (Lipinski definition) is 3. The minimum atomic E-state index is -0.416. The number of carbonyl (C=O) groups excluding carboxylic acids is 1. The van der Waals surface area contributed by atoms with Crippen LogP contribution in [0, 0.1) is 5.92 Å². The summed E-state index contributed by atoms with van der Waals surface area (Å²) in [5.41, 5.74) is 7.05. The van der Waals surface area contributed by atoms with Gasteiger partial charge in [0, 0.05) is 37.2 Å². The lowest BCUT2D eigenvalue weighted by Crippen LogP contribution is -2.38. The molecule has 0 spiro atoms. The van der Waals surface area contributed by atoms with Crippen LogP contribution in [0.4, 0.5) is 5.82 Å². The quantitative estimate of drug-likeness (QED) is 0.858. The SMILES string of the molecule is C=C(CC1CN(Cc2ccccc2)c2ccnn2C1)C(N)=O. The Bertz CT molecular complexity index is 677. The number of nitrogens with zero attached hydrogens (tertiary/aromatic N) is 3. The van der Waals surface area contributed by atoms with Crippen molar-refractivity contribution in [2.45, 2.75) is 19.5 Å². The Kier molecular flexibility index (Phi) is 3.96. The van der Waals surface area contributed by atoms with Crippen LogP contribution in [0.15, 0.2) is 54.7 Å². The molecule has 1 unspecified atom stereocenters. The Morgan fingerprint density at radius 2 is 2.05 bits per heavy atom. The van der Waals surface area contributed by atoms with Crippen LogP contribution in [-0.2, 0) is 17.9 Å². The third kappa shape index (κ3) is 3.03.